The van der Waals surface area contributed by atoms with Crippen molar-refractivity contribution in [3.63, 3.8) is 0 Å². The van der Waals surface area contributed by atoms with Gasteiger partial charge in [0, 0.05) is 14.1 Å². The average molecular weight is 288 g/mol. The van der Waals surface area contributed by atoms with Gasteiger partial charge in [-0.15, -0.1) is 5.10 Å². The number of nitrogens with one attached hydrogen (secondary N) is 1. The van der Waals surface area contributed by atoms with Crippen LogP contribution >= 0.6 is 0 Å². The van der Waals surface area contributed by atoms with Gasteiger partial charge < -0.3 is 0 Å². The maximum Gasteiger partial charge on any atom is 0.453 e. The zero-order valence-electron chi connectivity index (χ0n) is 10.9. The fraction of sp³-hybridized carbons (Fsp3) is 0.400. The van der Waals surface area contributed by atoms with Crippen LogP contribution in [0.3, 0.4) is 0 Å². The summed E-state index contributed by atoms with van der Waals surface area (Å²) in [7, 11) is 2.81. The van der Waals surface area contributed by atoms with E-state index in [1.165, 1.54) is 17.8 Å². The molecule has 0 fully saturated rings. The molecular weight excluding hydrogens is 277 g/mol. The monoisotopic (exact) mass is 288 g/mol. The lowest BCUT2D eigenvalue weighted by molar-refractivity contribution is -0.144. The summed E-state index contributed by atoms with van der Waals surface area (Å²) in [5, 5.41) is 9.44. The van der Waals surface area contributed by atoms with E-state index < -0.39 is 17.9 Å². The van der Waals surface area contributed by atoms with Crippen molar-refractivity contribution in [3.05, 3.63) is 23.3 Å². The number of hydrogen-bond acceptors (Lipinski definition) is 4. The van der Waals surface area contributed by atoms with Crippen LogP contribution in [0.15, 0.2) is 6.07 Å². The lowest BCUT2D eigenvalue weighted by atomic mass is 10.3. The van der Waals surface area contributed by atoms with E-state index in [-0.39, 0.29) is 11.6 Å². The quantitative estimate of drug-likeness (QED) is 0.898. The van der Waals surface area contributed by atoms with Gasteiger partial charge in [0.2, 0.25) is 5.95 Å². The van der Waals surface area contributed by atoms with Crippen LogP contribution in [-0.2, 0) is 20.3 Å². The Morgan fingerprint density at radius 1 is 1.25 bits per heavy atom. The molecule has 0 saturated carbocycles. The molecule has 20 heavy (non-hydrogen) atoms. The van der Waals surface area contributed by atoms with Gasteiger partial charge in [-0.25, -0.2) is 4.68 Å². The van der Waals surface area contributed by atoms with Crippen molar-refractivity contribution in [2.75, 3.05) is 5.32 Å². The number of rotatable bonds is 2. The van der Waals surface area contributed by atoms with Crippen LogP contribution in [0.5, 0.6) is 0 Å². The second-order valence-electron chi connectivity index (χ2n) is 4.13. The third-order valence-electron chi connectivity index (χ3n) is 2.48. The van der Waals surface area contributed by atoms with E-state index in [0.29, 0.717) is 5.69 Å². The molecule has 0 spiro atoms. The predicted molar refractivity (Wildman–Crippen MR) is 61.9 cm³/mol. The molecule has 2 rings (SSSR count). The summed E-state index contributed by atoms with van der Waals surface area (Å²) in [6.07, 6.45) is -4.66. The Hall–Kier alpha value is -2.39. The van der Waals surface area contributed by atoms with E-state index in [2.05, 4.69) is 20.5 Å². The Labute approximate surface area is 111 Å². The topological polar surface area (TPSA) is 77.6 Å². The maximum absolute atomic E-state index is 12.4. The van der Waals surface area contributed by atoms with Crippen LogP contribution in [0.25, 0.3) is 0 Å². The first-order chi connectivity index (χ1) is 9.18. The van der Waals surface area contributed by atoms with E-state index in [9.17, 15) is 18.0 Å². The number of amides is 1. The molecule has 0 bridgehead atoms. The minimum Gasteiger partial charge on any atom is -0.289 e. The smallest absolute Gasteiger partial charge is 0.289 e. The number of carbonyl (C=O) groups excluding carboxylic acids is 1. The first-order valence-electron chi connectivity index (χ1n) is 5.48. The second-order valence-corrected chi connectivity index (χ2v) is 4.13. The minimum atomic E-state index is -4.66. The van der Waals surface area contributed by atoms with Crippen LogP contribution in [0.2, 0.25) is 0 Å². The highest BCUT2D eigenvalue weighted by Crippen LogP contribution is 2.27. The standard InChI is InChI=1S/C10H11F3N6O/c1-5-4-6(18(2)16-5)7(20)14-9-15-8(10(11,12)13)17-19(9)3/h4H,1-3H3,(H,14,15,17,20). The molecule has 7 nitrogen and oxygen atoms in total. The summed E-state index contributed by atoms with van der Waals surface area (Å²) in [6, 6.07) is 1.51. The third kappa shape index (κ3) is 2.63. The van der Waals surface area contributed by atoms with Crippen molar-refractivity contribution in [1.29, 1.82) is 0 Å². The van der Waals surface area contributed by atoms with Gasteiger partial charge >= 0.3 is 6.18 Å². The SMILES string of the molecule is Cc1cc(C(=O)Nc2nc(C(F)(F)F)nn2C)n(C)n1. The average Bonchev–Trinajstić information content (AvgIpc) is 2.82. The van der Waals surface area contributed by atoms with E-state index in [0.717, 1.165) is 4.68 Å². The number of anilines is 1. The Morgan fingerprint density at radius 2 is 1.90 bits per heavy atom. The molecule has 1 amide bonds. The third-order valence-corrected chi connectivity index (χ3v) is 2.48. The molecule has 10 heteroatoms. The minimum absolute atomic E-state index is 0.207. The van der Waals surface area contributed by atoms with E-state index >= 15 is 0 Å². The Balaban J connectivity index is 2.24. The van der Waals surface area contributed by atoms with Crippen molar-refractivity contribution in [2.45, 2.75) is 13.1 Å². The molecule has 108 valence electrons. The van der Waals surface area contributed by atoms with Crippen molar-refractivity contribution in [1.82, 2.24) is 24.5 Å². The fourth-order valence-corrected chi connectivity index (χ4v) is 1.60. The molecular formula is C10H11F3N6O. The summed E-state index contributed by atoms with van der Waals surface area (Å²) in [5.41, 5.74) is 0.825. The molecule has 0 aliphatic rings. The van der Waals surface area contributed by atoms with E-state index in [1.54, 1.807) is 14.0 Å². The first-order valence-corrected chi connectivity index (χ1v) is 5.48. The second kappa shape index (κ2) is 4.62. The largest absolute Gasteiger partial charge is 0.453 e. The molecule has 0 atom stereocenters. The molecule has 0 aromatic carbocycles. The number of hydrogen-bond donors (Lipinski definition) is 1. The highest BCUT2D eigenvalue weighted by atomic mass is 19.4. The van der Waals surface area contributed by atoms with Crippen molar-refractivity contribution < 1.29 is 18.0 Å². The fourth-order valence-electron chi connectivity index (χ4n) is 1.60. The maximum atomic E-state index is 12.4. The lowest BCUT2D eigenvalue weighted by Crippen LogP contribution is -2.18. The van der Waals surface area contributed by atoms with Crippen LogP contribution < -0.4 is 5.32 Å². The molecule has 0 unspecified atom stereocenters. The van der Waals surface area contributed by atoms with Crippen molar-refractivity contribution in [2.24, 2.45) is 14.1 Å². The summed E-state index contributed by atoms with van der Waals surface area (Å²) in [4.78, 5) is 15.2. The van der Waals surface area contributed by atoms with Crippen LogP contribution in [0, 0.1) is 6.92 Å². The van der Waals surface area contributed by atoms with Gasteiger partial charge in [-0.2, -0.15) is 23.3 Å². The number of aromatic nitrogens is 5. The number of nitrogens with zero attached hydrogens (tertiary/aromatic N) is 5. The first kappa shape index (κ1) is 14.0. The van der Waals surface area contributed by atoms with Crippen molar-refractivity contribution in [3.8, 4) is 0 Å². The number of aryl methyl sites for hydroxylation is 3. The normalized spacial score (nSPS) is 11.7. The zero-order valence-corrected chi connectivity index (χ0v) is 10.9. The highest BCUT2D eigenvalue weighted by molar-refractivity contribution is 6.02. The van der Waals surface area contributed by atoms with Gasteiger partial charge in [-0.05, 0) is 13.0 Å². The summed E-state index contributed by atoms with van der Waals surface area (Å²) in [6.45, 7) is 1.70. The molecule has 0 aliphatic heterocycles. The summed E-state index contributed by atoms with van der Waals surface area (Å²) >= 11 is 0. The molecule has 0 saturated heterocycles. The molecule has 0 radical (unpaired) electrons. The highest BCUT2D eigenvalue weighted by Gasteiger charge is 2.37. The molecule has 2 aromatic rings. The number of alkyl halides is 3. The Kier molecular flexibility index (Phi) is 3.24. The Bertz CT molecular complexity index is 656. The van der Waals surface area contributed by atoms with Gasteiger partial charge in [0.25, 0.3) is 11.7 Å². The van der Waals surface area contributed by atoms with Gasteiger partial charge in [0.05, 0.1) is 5.69 Å². The number of halogens is 3. The zero-order chi connectivity index (χ0) is 15.1. The lowest BCUT2D eigenvalue weighted by Gasteiger charge is -2.03. The summed E-state index contributed by atoms with van der Waals surface area (Å²) < 4.78 is 39.5. The van der Waals surface area contributed by atoms with E-state index in [4.69, 9.17) is 0 Å². The molecule has 0 aliphatic carbocycles. The summed E-state index contributed by atoms with van der Waals surface area (Å²) in [5.74, 6) is -2.21. The predicted octanol–water partition coefficient (Wildman–Crippen LogP) is 1.13. The van der Waals surface area contributed by atoms with E-state index in [1.807, 2.05) is 0 Å². The van der Waals surface area contributed by atoms with Gasteiger partial charge in [-0.1, -0.05) is 0 Å². The van der Waals surface area contributed by atoms with Gasteiger partial charge in [0.1, 0.15) is 5.69 Å². The molecule has 2 aromatic heterocycles. The van der Waals surface area contributed by atoms with Crippen LogP contribution in [-0.4, -0.2) is 30.5 Å². The van der Waals surface area contributed by atoms with Gasteiger partial charge in [-0.3, -0.25) is 14.8 Å². The van der Waals surface area contributed by atoms with Crippen LogP contribution in [0.1, 0.15) is 22.0 Å². The molecule has 1 N–H and O–H groups in total. The Morgan fingerprint density at radius 3 is 2.35 bits per heavy atom. The van der Waals surface area contributed by atoms with Gasteiger partial charge in [0.15, 0.2) is 0 Å². The van der Waals surface area contributed by atoms with Crippen molar-refractivity contribution >= 4 is 11.9 Å². The number of carbonyl (C=O) groups is 1. The van der Waals surface area contributed by atoms with Crippen LogP contribution in [0.4, 0.5) is 19.1 Å². The molecule has 2 heterocycles.